The number of amides is 1. The molecule has 0 saturated heterocycles. The highest BCUT2D eigenvalue weighted by Crippen LogP contribution is 2.28. The molecule has 8 nitrogen and oxygen atoms in total. The van der Waals surface area contributed by atoms with Crippen LogP contribution in [0.5, 0.6) is 5.75 Å². The lowest BCUT2D eigenvalue weighted by Gasteiger charge is -2.11. The lowest BCUT2D eigenvalue weighted by atomic mass is 10.2. The zero-order valence-corrected chi connectivity index (χ0v) is 16.7. The first-order valence-corrected chi connectivity index (χ1v) is 9.23. The molecule has 146 valence electrons. The Hall–Kier alpha value is -3.20. The minimum Gasteiger partial charge on any atom is -0.495 e. The number of nitrogens with one attached hydrogen (secondary N) is 2. The summed E-state index contributed by atoms with van der Waals surface area (Å²) in [7, 11) is 1.50. The van der Waals surface area contributed by atoms with Crippen LogP contribution in [0.4, 0.5) is 5.69 Å². The van der Waals surface area contributed by atoms with Gasteiger partial charge in [-0.2, -0.15) is 0 Å². The molecule has 2 N–H and O–H groups in total. The van der Waals surface area contributed by atoms with Gasteiger partial charge in [0.05, 0.1) is 18.2 Å². The number of fused-ring (bicyclic) bond motifs is 1. The van der Waals surface area contributed by atoms with Gasteiger partial charge in [-0.25, -0.2) is 9.78 Å². The molecule has 0 aliphatic rings. The zero-order chi connectivity index (χ0) is 20.4. The first kappa shape index (κ1) is 19.6. The van der Waals surface area contributed by atoms with E-state index in [0.29, 0.717) is 33.0 Å². The number of esters is 1. The third kappa shape index (κ3) is 3.89. The molecular weight excluding hydrogens is 382 g/mol. The van der Waals surface area contributed by atoms with E-state index in [1.54, 1.807) is 26.0 Å². The maximum absolute atomic E-state index is 12.4. The summed E-state index contributed by atoms with van der Waals surface area (Å²) >= 11 is 1.07. The monoisotopic (exact) mass is 401 g/mol. The second-order valence-electron chi connectivity index (χ2n) is 6.22. The van der Waals surface area contributed by atoms with Crippen LogP contribution in [-0.4, -0.2) is 35.6 Å². The molecule has 1 amide bonds. The van der Waals surface area contributed by atoms with Crippen molar-refractivity contribution < 1.29 is 19.1 Å². The van der Waals surface area contributed by atoms with Gasteiger partial charge in [0.2, 0.25) is 0 Å². The van der Waals surface area contributed by atoms with Crippen molar-refractivity contribution in [1.29, 1.82) is 0 Å². The Bertz CT molecular complexity index is 1130. The number of aromatic nitrogens is 2. The standard InChI is InChI=1S/C19H19N3O5S/c1-9-5-6-13(26-4)12(7-9)22-14(23)8-27-19(25)16-10(2)15-17(24)20-11(3)21-18(15)28-16/h5-7H,8H2,1-4H3,(H,22,23)(H,20,21,24). The molecule has 0 atom stereocenters. The van der Waals surface area contributed by atoms with Gasteiger partial charge in [0.15, 0.2) is 6.61 Å². The number of hydrogen-bond donors (Lipinski definition) is 2. The fraction of sp³-hybridized carbons (Fsp3) is 0.263. The number of nitrogens with zero attached hydrogens (tertiary/aromatic N) is 1. The zero-order valence-electron chi connectivity index (χ0n) is 15.8. The fourth-order valence-corrected chi connectivity index (χ4v) is 3.87. The third-order valence-corrected chi connectivity index (χ3v) is 5.23. The van der Waals surface area contributed by atoms with E-state index in [0.717, 1.165) is 16.9 Å². The fourth-order valence-electron chi connectivity index (χ4n) is 2.75. The number of carbonyl (C=O) groups is 2. The topological polar surface area (TPSA) is 110 Å². The first-order chi connectivity index (χ1) is 13.3. The Morgan fingerprint density at radius 2 is 2.00 bits per heavy atom. The maximum atomic E-state index is 12.4. The molecule has 3 rings (SSSR count). The SMILES string of the molecule is COc1ccc(C)cc1NC(=O)COC(=O)c1sc2nc(C)[nH]c(=O)c2c1C. The second kappa shape index (κ2) is 7.81. The molecule has 0 fully saturated rings. The van der Waals surface area contributed by atoms with Gasteiger partial charge >= 0.3 is 5.97 Å². The van der Waals surface area contributed by atoms with Gasteiger partial charge in [0.25, 0.3) is 11.5 Å². The van der Waals surface area contributed by atoms with E-state index in [2.05, 4.69) is 15.3 Å². The number of carbonyl (C=O) groups excluding carboxylic acids is 2. The smallest absolute Gasteiger partial charge is 0.349 e. The lowest BCUT2D eigenvalue weighted by Crippen LogP contribution is -2.21. The summed E-state index contributed by atoms with van der Waals surface area (Å²) in [5.74, 6) is -0.205. The molecule has 2 heterocycles. The largest absolute Gasteiger partial charge is 0.495 e. The first-order valence-electron chi connectivity index (χ1n) is 8.41. The molecule has 0 unspecified atom stereocenters. The van der Waals surface area contributed by atoms with E-state index in [-0.39, 0.29) is 10.4 Å². The normalized spacial score (nSPS) is 10.7. The van der Waals surface area contributed by atoms with Crippen LogP contribution in [0.15, 0.2) is 23.0 Å². The maximum Gasteiger partial charge on any atom is 0.349 e. The Morgan fingerprint density at radius 1 is 1.25 bits per heavy atom. The van der Waals surface area contributed by atoms with E-state index >= 15 is 0 Å². The highest BCUT2D eigenvalue weighted by Gasteiger charge is 2.21. The summed E-state index contributed by atoms with van der Waals surface area (Å²) in [6.07, 6.45) is 0. The second-order valence-corrected chi connectivity index (χ2v) is 7.21. The number of ether oxygens (including phenoxy) is 2. The number of benzene rings is 1. The number of thiophene rings is 1. The molecule has 28 heavy (non-hydrogen) atoms. The van der Waals surface area contributed by atoms with Crippen LogP contribution < -0.4 is 15.6 Å². The van der Waals surface area contributed by atoms with E-state index in [9.17, 15) is 14.4 Å². The van der Waals surface area contributed by atoms with Gasteiger partial charge in [-0.15, -0.1) is 11.3 Å². The number of rotatable bonds is 5. The van der Waals surface area contributed by atoms with Crippen molar-refractivity contribution in [3.8, 4) is 5.75 Å². The van der Waals surface area contributed by atoms with Crippen molar-refractivity contribution in [1.82, 2.24) is 9.97 Å². The summed E-state index contributed by atoms with van der Waals surface area (Å²) in [4.78, 5) is 44.2. The molecule has 0 radical (unpaired) electrons. The Balaban J connectivity index is 1.72. The molecule has 2 aromatic heterocycles. The van der Waals surface area contributed by atoms with E-state index < -0.39 is 18.5 Å². The number of aryl methyl sites for hydroxylation is 3. The minimum absolute atomic E-state index is 0.250. The van der Waals surface area contributed by atoms with Crippen LogP contribution in [0, 0.1) is 20.8 Å². The highest BCUT2D eigenvalue weighted by atomic mass is 32.1. The molecule has 0 aliphatic heterocycles. The molecule has 9 heteroatoms. The van der Waals surface area contributed by atoms with Gasteiger partial charge in [0, 0.05) is 0 Å². The Kier molecular flexibility index (Phi) is 5.46. The number of hydrogen-bond acceptors (Lipinski definition) is 7. The van der Waals surface area contributed by atoms with Crippen molar-refractivity contribution >= 4 is 39.1 Å². The summed E-state index contributed by atoms with van der Waals surface area (Å²) in [6.45, 7) is 4.74. The van der Waals surface area contributed by atoms with Crippen molar-refractivity contribution in [3.05, 3.63) is 50.4 Å². The average Bonchev–Trinajstić information content (AvgIpc) is 2.96. The molecular formula is C19H19N3O5S. The summed E-state index contributed by atoms with van der Waals surface area (Å²) < 4.78 is 10.3. The number of methoxy groups -OCH3 is 1. The summed E-state index contributed by atoms with van der Waals surface area (Å²) in [6, 6.07) is 5.36. The molecule has 0 bridgehead atoms. The third-order valence-electron chi connectivity index (χ3n) is 4.07. The number of aromatic amines is 1. The summed E-state index contributed by atoms with van der Waals surface area (Å²) in [5, 5.41) is 3.02. The summed E-state index contributed by atoms with van der Waals surface area (Å²) in [5.41, 5.74) is 1.62. The van der Waals surface area contributed by atoms with Crippen LogP contribution >= 0.6 is 11.3 Å². The Labute approximate surface area is 164 Å². The molecule has 0 aliphatic carbocycles. The van der Waals surface area contributed by atoms with Crippen LogP contribution in [-0.2, 0) is 9.53 Å². The predicted molar refractivity (Wildman–Crippen MR) is 106 cm³/mol. The van der Waals surface area contributed by atoms with Crippen molar-refractivity contribution in [2.75, 3.05) is 19.0 Å². The molecule has 0 spiro atoms. The van der Waals surface area contributed by atoms with Crippen LogP contribution in [0.2, 0.25) is 0 Å². The molecule has 0 saturated carbocycles. The van der Waals surface area contributed by atoms with Crippen LogP contribution in [0.1, 0.15) is 26.6 Å². The van der Waals surface area contributed by atoms with Crippen molar-refractivity contribution in [2.24, 2.45) is 0 Å². The van der Waals surface area contributed by atoms with Gasteiger partial charge in [-0.3, -0.25) is 9.59 Å². The number of H-pyrrole nitrogens is 1. The van der Waals surface area contributed by atoms with E-state index in [1.807, 2.05) is 13.0 Å². The van der Waals surface area contributed by atoms with Crippen LogP contribution in [0.25, 0.3) is 10.2 Å². The van der Waals surface area contributed by atoms with Gasteiger partial charge in [-0.05, 0) is 44.0 Å². The van der Waals surface area contributed by atoms with Gasteiger partial charge in [-0.1, -0.05) is 6.07 Å². The highest BCUT2D eigenvalue weighted by molar-refractivity contribution is 7.20. The van der Waals surface area contributed by atoms with E-state index in [4.69, 9.17) is 9.47 Å². The van der Waals surface area contributed by atoms with E-state index in [1.165, 1.54) is 7.11 Å². The van der Waals surface area contributed by atoms with Crippen LogP contribution in [0.3, 0.4) is 0 Å². The predicted octanol–water partition coefficient (Wildman–Crippen LogP) is 2.71. The number of anilines is 1. The molecule has 1 aromatic carbocycles. The lowest BCUT2D eigenvalue weighted by molar-refractivity contribution is -0.119. The Morgan fingerprint density at radius 3 is 2.71 bits per heavy atom. The minimum atomic E-state index is -0.677. The van der Waals surface area contributed by atoms with Crippen molar-refractivity contribution in [3.63, 3.8) is 0 Å². The van der Waals surface area contributed by atoms with Crippen molar-refractivity contribution in [2.45, 2.75) is 20.8 Å². The quantitative estimate of drug-likeness (QED) is 0.636. The van der Waals surface area contributed by atoms with Gasteiger partial charge in [0.1, 0.15) is 21.3 Å². The molecule has 3 aromatic rings. The average molecular weight is 401 g/mol. The van der Waals surface area contributed by atoms with Gasteiger partial charge < -0.3 is 19.8 Å².